The number of aromatic nitrogens is 2. The molecule has 3 rings (SSSR count). The van der Waals surface area contributed by atoms with Crippen LogP contribution in [0.1, 0.15) is 50.3 Å². The highest BCUT2D eigenvalue weighted by Crippen LogP contribution is 2.28. The van der Waals surface area contributed by atoms with Crippen molar-refractivity contribution in [2.45, 2.75) is 51.5 Å². The molecule has 1 saturated heterocycles. The maximum atomic E-state index is 9.43. The molecule has 1 fully saturated rings. The molecular weight excluding hydrogens is 352 g/mol. The number of hydrogen-bond acceptors (Lipinski definition) is 7. The van der Waals surface area contributed by atoms with Crippen molar-refractivity contribution in [3.63, 3.8) is 0 Å². The standard InChI is InChI=1S/C21H28N6O/c1-2-5-16-13-20(27-10-4-3-6-18(27)9-11-28)26-21(24-16)25-17-7-8-19(23)15(12-17)14-22/h7-8,12-13,18,28H,2-6,9-11,23H2,1H3,(H,24,25,26). The van der Waals surface area contributed by atoms with Gasteiger partial charge in [-0.25, -0.2) is 4.98 Å². The molecule has 1 aromatic carbocycles. The number of hydrogen-bond donors (Lipinski definition) is 3. The molecule has 28 heavy (non-hydrogen) atoms. The predicted molar refractivity (Wildman–Crippen MR) is 112 cm³/mol. The number of nitrogens with zero attached hydrogens (tertiary/aromatic N) is 4. The van der Waals surface area contributed by atoms with E-state index >= 15 is 0 Å². The van der Waals surface area contributed by atoms with Crippen LogP contribution in [0.5, 0.6) is 0 Å². The first-order valence-corrected chi connectivity index (χ1v) is 9.96. The molecule has 2 heterocycles. The first kappa shape index (κ1) is 19.9. The summed E-state index contributed by atoms with van der Waals surface area (Å²) in [6.07, 6.45) is 5.99. The van der Waals surface area contributed by atoms with Crippen molar-refractivity contribution in [2.24, 2.45) is 0 Å². The Hall–Kier alpha value is -2.85. The van der Waals surface area contributed by atoms with Crippen molar-refractivity contribution in [1.82, 2.24) is 9.97 Å². The van der Waals surface area contributed by atoms with Crippen LogP contribution in [-0.2, 0) is 6.42 Å². The van der Waals surface area contributed by atoms with E-state index in [1.165, 1.54) is 6.42 Å². The van der Waals surface area contributed by atoms with E-state index in [-0.39, 0.29) is 6.61 Å². The largest absolute Gasteiger partial charge is 0.398 e. The van der Waals surface area contributed by atoms with Crippen LogP contribution in [0.15, 0.2) is 24.3 Å². The Morgan fingerprint density at radius 3 is 2.93 bits per heavy atom. The summed E-state index contributed by atoms with van der Waals surface area (Å²) in [5.41, 5.74) is 8.41. The third-order valence-corrected chi connectivity index (χ3v) is 5.09. The highest BCUT2D eigenvalue weighted by atomic mass is 16.3. The van der Waals surface area contributed by atoms with Crippen molar-refractivity contribution >= 4 is 23.1 Å². The number of aryl methyl sites for hydroxylation is 1. The molecular formula is C21H28N6O. The van der Waals surface area contributed by atoms with E-state index in [9.17, 15) is 10.4 Å². The molecule has 0 saturated carbocycles. The van der Waals surface area contributed by atoms with Gasteiger partial charge in [-0.05, 0) is 50.3 Å². The Labute approximate surface area is 166 Å². The second kappa shape index (κ2) is 9.38. The fourth-order valence-electron chi connectivity index (χ4n) is 3.68. The molecule has 7 heteroatoms. The average molecular weight is 380 g/mol. The summed E-state index contributed by atoms with van der Waals surface area (Å²) in [4.78, 5) is 11.7. The lowest BCUT2D eigenvalue weighted by atomic mass is 9.99. The van der Waals surface area contributed by atoms with Gasteiger partial charge in [0.25, 0.3) is 0 Å². The number of benzene rings is 1. The maximum Gasteiger partial charge on any atom is 0.229 e. The molecule has 0 aliphatic carbocycles. The lowest BCUT2D eigenvalue weighted by molar-refractivity contribution is 0.262. The lowest BCUT2D eigenvalue weighted by Gasteiger charge is -2.36. The molecule has 148 valence electrons. The molecule has 0 bridgehead atoms. The summed E-state index contributed by atoms with van der Waals surface area (Å²) < 4.78 is 0. The van der Waals surface area contributed by atoms with Gasteiger partial charge in [-0.2, -0.15) is 10.2 Å². The zero-order chi connectivity index (χ0) is 19.9. The maximum absolute atomic E-state index is 9.43. The van der Waals surface area contributed by atoms with Crippen LogP contribution in [0.25, 0.3) is 0 Å². The molecule has 1 atom stereocenters. The van der Waals surface area contributed by atoms with E-state index in [1.807, 2.05) is 6.07 Å². The van der Waals surface area contributed by atoms with Gasteiger partial charge in [0.15, 0.2) is 0 Å². The van der Waals surface area contributed by atoms with Crippen LogP contribution < -0.4 is 16.0 Å². The lowest BCUT2D eigenvalue weighted by Crippen LogP contribution is -2.40. The molecule has 0 radical (unpaired) electrons. The number of aliphatic hydroxyl groups is 1. The topological polar surface area (TPSA) is 111 Å². The molecule has 4 N–H and O–H groups in total. The van der Waals surface area contributed by atoms with Crippen molar-refractivity contribution in [3.05, 3.63) is 35.5 Å². The Morgan fingerprint density at radius 2 is 2.18 bits per heavy atom. The number of nitriles is 1. The monoisotopic (exact) mass is 380 g/mol. The van der Waals surface area contributed by atoms with Gasteiger partial charge in [-0.15, -0.1) is 0 Å². The highest BCUT2D eigenvalue weighted by molar-refractivity contribution is 5.65. The van der Waals surface area contributed by atoms with E-state index in [2.05, 4.69) is 34.3 Å². The van der Waals surface area contributed by atoms with Gasteiger partial charge in [0.05, 0.1) is 5.56 Å². The summed E-state index contributed by atoms with van der Waals surface area (Å²) in [6.45, 7) is 3.25. The second-order valence-electron chi connectivity index (χ2n) is 7.19. The van der Waals surface area contributed by atoms with Gasteiger partial charge >= 0.3 is 0 Å². The van der Waals surface area contributed by atoms with Crippen molar-refractivity contribution in [1.29, 1.82) is 5.26 Å². The van der Waals surface area contributed by atoms with Crippen LogP contribution in [0.4, 0.5) is 23.1 Å². The number of rotatable bonds is 7. The van der Waals surface area contributed by atoms with Crippen molar-refractivity contribution < 1.29 is 5.11 Å². The molecule has 1 aromatic heterocycles. The fourth-order valence-corrected chi connectivity index (χ4v) is 3.68. The van der Waals surface area contributed by atoms with Gasteiger partial charge < -0.3 is 21.1 Å². The Kier molecular flexibility index (Phi) is 6.66. The smallest absolute Gasteiger partial charge is 0.229 e. The Morgan fingerprint density at radius 1 is 1.32 bits per heavy atom. The minimum atomic E-state index is 0.182. The van der Waals surface area contributed by atoms with Crippen LogP contribution in [0.3, 0.4) is 0 Å². The number of nitrogens with one attached hydrogen (secondary N) is 1. The van der Waals surface area contributed by atoms with Crippen LogP contribution in [0.2, 0.25) is 0 Å². The molecule has 2 aromatic rings. The predicted octanol–water partition coefficient (Wildman–Crippen LogP) is 3.37. The Bertz CT molecular complexity index is 845. The third-order valence-electron chi connectivity index (χ3n) is 5.09. The first-order valence-electron chi connectivity index (χ1n) is 9.96. The second-order valence-corrected chi connectivity index (χ2v) is 7.19. The van der Waals surface area contributed by atoms with Crippen molar-refractivity contribution in [3.8, 4) is 6.07 Å². The highest BCUT2D eigenvalue weighted by Gasteiger charge is 2.24. The normalized spacial score (nSPS) is 16.6. The zero-order valence-corrected chi connectivity index (χ0v) is 16.4. The molecule has 0 spiro atoms. The number of nitrogen functional groups attached to an aromatic ring is 1. The first-order chi connectivity index (χ1) is 13.6. The Balaban J connectivity index is 1.92. The van der Waals surface area contributed by atoms with Crippen molar-refractivity contribution in [2.75, 3.05) is 29.1 Å². The van der Waals surface area contributed by atoms with Gasteiger partial charge in [-0.1, -0.05) is 13.3 Å². The number of aliphatic hydroxyl groups excluding tert-OH is 1. The number of piperidine rings is 1. The van der Waals surface area contributed by atoms with Crippen LogP contribution in [-0.4, -0.2) is 34.3 Å². The van der Waals surface area contributed by atoms with E-state index < -0.39 is 0 Å². The van der Waals surface area contributed by atoms with Gasteiger partial charge in [0, 0.05) is 42.3 Å². The summed E-state index contributed by atoms with van der Waals surface area (Å²) >= 11 is 0. The van der Waals surface area contributed by atoms with Gasteiger partial charge in [0.1, 0.15) is 11.9 Å². The molecule has 1 unspecified atom stereocenters. The summed E-state index contributed by atoms with van der Waals surface area (Å²) in [5.74, 6) is 1.41. The molecule has 0 amide bonds. The fraction of sp³-hybridized carbons (Fsp3) is 0.476. The number of nitrogens with two attached hydrogens (primary N) is 1. The summed E-state index contributed by atoms with van der Waals surface area (Å²) in [6, 6.07) is 9.70. The minimum Gasteiger partial charge on any atom is -0.398 e. The van der Waals surface area contributed by atoms with E-state index in [1.54, 1.807) is 12.1 Å². The molecule has 1 aliphatic rings. The quantitative estimate of drug-likeness (QED) is 0.631. The summed E-state index contributed by atoms with van der Waals surface area (Å²) in [7, 11) is 0. The van der Waals surface area contributed by atoms with Crippen LogP contribution >= 0.6 is 0 Å². The van der Waals surface area contributed by atoms with E-state index in [0.717, 1.165) is 55.8 Å². The SMILES string of the molecule is CCCc1cc(N2CCCCC2CCO)nc(Nc2ccc(N)c(C#N)c2)n1. The molecule has 7 nitrogen and oxygen atoms in total. The van der Waals surface area contributed by atoms with Gasteiger partial charge in [0.2, 0.25) is 5.95 Å². The number of anilines is 4. The zero-order valence-electron chi connectivity index (χ0n) is 16.4. The molecule has 1 aliphatic heterocycles. The summed E-state index contributed by atoms with van der Waals surface area (Å²) in [5, 5.41) is 21.9. The van der Waals surface area contributed by atoms with Gasteiger partial charge in [-0.3, -0.25) is 0 Å². The third kappa shape index (κ3) is 4.70. The van der Waals surface area contributed by atoms with E-state index in [4.69, 9.17) is 10.7 Å². The van der Waals surface area contributed by atoms with Crippen LogP contribution in [0, 0.1) is 11.3 Å². The van der Waals surface area contributed by atoms with E-state index in [0.29, 0.717) is 23.2 Å². The minimum absolute atomic E-state index is 0.182. The average Bonchev–Trinajstić information content (AvgIpc) is 2.70.